The highest BCUT2D eigenvalue weighted by atomic mass is 19.1. The van der Waals surface area contributed by atoms with E-state index in [-0.39, 0.29) is 35.6 Å². The molecule has 2 aliphatic heterocycles. The number of nitrogens with zero attached hydrogens (tertiary/aromatic N) is 5. The highest BCUT2D eigenvalue weighted by molar-refractivity contribution is 6.67. The van der Waals surface area contributed by atoms with Crippen molar-refractivity contribution in [3.8, 4) is 23.2 Å². The van der Waals surface area contributed by atoms with Gasteiger partial charge < -0.3 is 19.7 Å². The van der Waals surface area contributed by atoms with Crippen molar-refractivity contribution in [1.29, 1.82) is 5.26 Å². The molecule has 39 heavy (non-hydrogen) atoms. The van der Waals surface area contributed by atoms with Crippen molar-refractivity contribution in [2.24, 2.45) is 5.41 Å². The molecule has 1 spiro atoms. The van der Waals surface area contributed by atoms with Crippen molar-refractivity contribution in [2.45, 2.75) is 51.5 Å². The molecule has 11 heteroatoms. The Morgan fingerprint density at radius 2 is 2.03 bits per heavy atom. The first-order valence-electron chi connectivity index (χ1n) is 13.2. The second-order valence-corrected chi connectivity index (χ2v) is 11.1. The first-order valence-corrected chi connectivity index (χ1v) is 13.2. The number of hydrogen-bond donors (Lipinski definition) is 1. The Bertz CT molecular complexity index is 1460. The van der Waals surface area contributed by atoms with Gasteiger partial charge in [0.05, 0.1) is 11.8 Å². The number of rotatable bonds is 7. The predicted octanol–water partition coefficient (Wildman–Crippen LogP) is 3.72. The zero-order chi connectivity index (χ0) is 27.1. The number of carbonyl (C=O) groups excluding carboxylic acids is 1. The van der Waals surface area contributed by atoms with Crippen molar-refractivity contribution in [3.05, 3.63) is 65.6 Å². The first-order chi connectivity index (χ1) is 18.8. The van der Waals surface area contributed by atoms with Crippen LogP contribution in [0, 0.1) is 22.5 Å². The van der Waals surface area contributed by atoms with Crippen LogP contribution in [0.4, 0.5) is 10.2 Å². The molecule has 3 aliphatic rings. The van der Waals surface area contributed by atoms with E-state index in [2.05, 4.69) is 31.1 Å². The summed E-state index contributed by atoms with van der Waals surface area (Å²) in [7, 11) is 0. The van der Waals surface area contributed by atoms with E-state index >= 15 is 0 Å². The van der Waals surface area contributed by atoms with E-state index in [9.17, 15) is 14.4 Å². The van der Waals surface area contributed by atoms with Gasteiger partial charge >= 0.3 is 0 Å². The van der Waals surface area contributed by atoms with Crippen LogP contribution < -0.4 is 19.7 Å². The average molecular weight is 526 g/mol. The smallest absolute Gasteiger partial charge is 0.278 e. The van der Waals surface area contributed by atoms with Gasteiger partial charge in [-0.05, 0) is 63.6 Å². The number of halogens is 1. The molecule has 2 aromatic heterocycles. The van der Waals surface area contributed by atoms with Crippen molar-refractivity contribution in [3.63, 3.8) is 0 Å². The molecule has 0 radical (unpaired) electrons. The Hall–Kier alpha value is -4.20. The van der Waals surface area contributed by atoms with Gasteiger partial charge in [0, 0.05) is 48.0 Å². The summed E-state index contributed by atoms with van der Waals surface area (Å²) in [5.74, 6) is 3.55. The van der Waals surface area contributed by atoms with Crippen molar-refractivity contribution < 1.29 is 18.7 Å². The van der Waals surface area contributed by atoms with Gasteiger partial charge in [-0.2, -0.15) is 0 Å². The molecule has 1 saturated carbocycles. The molecule has 6 rings (SSSR count). The van der Waals surface area contributed by atoms with E-state index < -0.39 is 11.7 Å². The van der Waals surface area contributed by atoms with E-state index in [1.54, 1.807) is 12.4 Å². The Morgan fingerprint density at radius 3 is 2.79 bits per heavy atom. The molecule has 1 N–H and O–H groups in total. The number of pyridine rings is 1. The van der Waals surface area contributed by atoms with E-state index in [1.165, 1.54) is 24.5 Å². The molecule has 0 unspecified atom stereocenters. The van der Waals surface area contributed by atoms with Gasteiger partial charge in [0.2, 0.25) is 0 Å². The minimum absolute atomic E-state index is 0.0231. The lowest BCUT2D eigenvalue weighted by molar-refractivity contribution is -0.0348. The van der Waals surface area contributed by atoms with Gasteiger partial charge in [-0.25, -0.2) is 19.6 Å². The molecule has 4 heterocycles. The van der Waals surface area contributed by atoms with Gasteiger partial charge in [0.25, 0.3) is 12.6 Å². The summed E-state index contributed by atoms with van der Waals surface area (Å²) < 4.78 is 26.4. The lowest BCUT2D eigenvalue weighted by Gasteiger charge is -2.58. The third-order valence-corrected chi connectivity index (χ3v) is 7.63. The Labute approximate surface area is 226 Å². The maximum atomic E-state index is 14.0. The van der Waals surface area contributed by atoms with Gasteiger partial charge in [-0.15, -0.1) is 0 Å². The molecule has 0 atom stereocenters. The number of anilines is 1. The van der Waals surface area contributed by atoms with Gasteiger partial charge in [-0.3, -0.25) is 9.78 Å². The standard InChI is InChI=1S/C28H28BFN6O3/c1-17(2)35-27(37)20-7-18(30)3-4-23(20)39-25-12-32-16-34-26(25)36-13-28(14-36)8-19(9-28)38-24-5-6-33-22-11-29(15-31)10-21(22)24/h3-7,12,16-17,19H,8-11,13-14H2,1-2H3,(H,35,37). The number of benzene rings is 1. The summed E-state index contributed by atoms with van der Waals surface area (Å²) in [4.78, 5) is 27.8. The van der Waals surface area contributed by atoms with Gasteiger partial charge in [-0.1, -0.05) is 0 Å². The number of nitriles is 1. The fraction of sp³-hybridized carbons (Fsp3) is 0.393. The third kappa shape index (κ3) is 4.87. The summed E-state index contributed by atoms with van der Waals surface area (Å²) >= 11 is 0. The molecule has 0 bridgehead atoms. The molecule has 1 aliphatic carbocycles. The molecule has 1 aromatic carbocycles. The van der Waals surface area contributed by atoms with Crippen molar-refractivity contribution >= 4 is 18.4 Å². The van der Waals surface area contributed by atoms with Crippen molar-refractivity contribution in [2.75, 3.05) is 18.0 Å². The van der Waals surface area contributed by atoms with Gasteiger partial charge in [0.15, 0.2) is 11.6 Å². The van der Waals surface area contributed by atoms with Crippen LogP contribution in [0.3, 0.4) is 0 Å². The molecular formula is C28H28BFN6O3. The molecular weight excluding hydrogens is 498 g/mol. The number of nitrogens with one attached hydrogen (secondary N) is 1. The van der Waals surface area contributed by atoms with Crippen LogP contribution in [0.2, 0.25) is 0 Å². The fourth-order valence-corrected chi connectivity index (χ4v) is 5.85. The van der Waals surface area contributed by atoms with Crippen LogP contribution in [-0.4, -0.2) is 52.8 Å². The molecule has 198 valence electrons. The number of ether oxygens (including phenoxy) is 2. The predicted molar refractivity (Wildman–Crippen MR) is 142 cm³/mol. The molecule has 1 saturated heterocycles. The zero-order valence-electron chi connectivity index (χ0n) is 21.9. The second kappa shape index (κ2) is 9.84. The SMILES string of the molecule is CC(C)NC(=O)c1cc(F)ccc1Oc1cncnc1N1CC2(CC(Oc3ccnc4c3CB(C#N)C4)C2)C1. The van der Waals surface area contributed by atoms with E-state index in [0.29, 0.717) is 24.2 Å². The highest BCUT2D eigenvalue weighted by Gasteiger charge is 2.54. The monoisotopic (exact) mass is 526 g/mol. The topological polar surface area (TPSA) is 113 Å². The maximum Gasteiger partial charge on any atom is 0.278 e. The zero-order valence-corrected chi connectivity index (χ0v) is 21.9. The maximum absolute atomic E-state index is 14.0. The van der Waals surface area contributed by atoms with Gasteiger partial charge in [0.1, 0.15) is 29.7 Å². The average Bonchev–Trinajstić information content (AvgIpc) is 3.30. The normalized spacial score (nSPS) is 17.3. The fourth-order valence-electron chi connectivity index (χ4n) is 5.85. The van der Waals surface area contributed by atoms with Crippen molar-refractivity contribution in [1.82, 2.24) is 20.3 Å². The van der Waals surface area contributed by atoms with Crippen LogP contribution in [0.5, 0.6) is 17.2 Å². The second-order valence-electron chi connectivity index (χ2n) is 11.1. The Balaban J connectivity index is 1.11. The largest absolute Gasteiger partial charge is 0.490 e. The molecule has 3 aromatic rings. The van der Waals surface area contributed by atoms with E-state index in [0.717, 1.165) is 42.9 Å². The molecule has 9 nitrogen and oxygen atoms in total. The number of hydrogen-bond acceptors (Lipinski definition) is 8. The van der Waals surface area contributed by atoms with Crippen LogP contribution in [0.15, 0.2) is 43.0 Å². The lowest BCUT2D eigenvalue weighted by atomic mass is 9.49. The Kier molecular flexibility index (Phi) is 6.33. The minimum atomic E-state index is -0.520. The number of amides is 1. The van der Waals surface area contributed by atoms with Crippen LogP contribution in [-0.2, 0) is 12.6 Å². The Morgan fingerprint density at radius 1 is 1.21 bits per heavy atom. The van der Waals surface area contributed by atoms with E-state index in [1.807, 2.05) is 19.9 Å². The quantitative estimate of drug-likeness (QED) is 0.464. The van der Waals surface area contributed by atoms with Crippen LogP contribution >= 0.6 is 0 Å². The lowest BCUT2D eigenvalue weighted by Crippen LogP contribution is -2.65. The summed E-state index contributed by atoms with van der Waals surface area (Å²) in [5.41, 5.74) is 2.31. The summed E-state index contributed by atoms with van der Waals surface area (Å²) in [6.07, 6.45) is 8.18. The molecule has 2 fully saturated rings. The highest BCUT2D eigenvalue weighted by Crippen LogP contribution is 2.52. The first kappa shape index (κ1) is 25.1. The molecule has 1 amide bonds. The summed E-state index contributed by atoms with van der Waals surface area (Å²) in [5, 5.41) is 12.1. The number of fused-ring (bicyclic) bond motifs is 1. The van der Waals surface area contributed by atoms with Crippen LogP contribution in [0.25, 0.3) is 0 Å². The summed E-state index contributed by atoms with van der Waals surface area (Å²) in [6, 6.07) is 5.68. The minimum Gasteiger partial charge on any atom is -0.490 e. The van der Waals surface area contributed by atoms with Crippen LogP contribution in [0.1, 0.15) is 48.3 Å². The van der Waals surface area contributed by atoms with E-state index in [4.69, 9.17) is 9.47 Å². The summed E-state index contributed by atoms with van der Waals surface area (Å²) in [6.45, 7) is 5.25. The third-order valence-electron chi connectivity index (χ3n) is 7.63. The number of aromatic nitrogens is 3. The number of carbonyl (C=O) groups is 1.